The van der Waals surface area contributed by atoms with Crippen LogP contribution in [0, 0.1) is 10.1 Å². The fraction of sp³-hybridized carbons (Fsp3) is 0.381. The predicted molar refractivity (Wildman–Crippen MR) is 115 cm³/mol. The van der Waals surface area contributed by atoms with Gasteiger partial charge in [-0.05, 0) is 24.8 Å². The molecule has 0 fully saturated rings. The molecule has 2 heterocycles. The van der Waals surface area contributed by atoms with Crippen LogP contribution in [-0.2, 0) is 4.79 Å². The van der Waals surface area contributed by atoms with Crippen molar-refractivity contribution in [3.8, 4) is 0 Å². The molecule has 0 amide bonds. The maximum Gasteiger partial charge on any atom is 0.269 e. The number of nitro benzene ring substituents is 1. The Morgan fingerprint density at radius 3 is 2.67 bits per heavy atom. The summed E-state index contributed by atoms with van der Waals surface area (Å²) in [7, 11) is 0. The minimum absolute atomic E-state index is 0.00444. The van der Waals surface area contributed by atoms with Gasteiger partial charge in [0.2, 0.25) is 0 Å². The van der Waals surface area contributed by atoms with Gasteiger partial charge in [-0.3, -0.25) is 19.7 Å². The molecule has 2 N–H and O–H groups in total. The molecule has 0 unspecified atom stereocenters. The predicted octanol–water partition coefficient (Wildman–Crippen LogP) is 4.13. The summed E-state index contributed by atoms with van der Waals surface area (Å²) in [5.41, 5.74) is 2.07. The SMILES string of the molecule is CC[C@H](C)Sc1nc2c(c(=O)[nH]1)[C@@H](c1ccc([N+](=O)[O-])cc1)C1=C(CCCC1=O)N2. The highest BCUT2D eigenvalue weighted by atomic mass is 32.2. The van der Waals surface area contributed by atoms with Crippen LogP contribution in [0.2, 0.25) is 0 Å². The van der Waals surface area contributed by atoms with Crippen molar-refractivity contribution in [2.75, 3.05) is 5.32 Å². The van der Waals surface area contributed by atoms with Crippen LogP contribution in [0.25, 0.3) is 0 Å². The molecule has 0 saturated carbocycles. The van der Waals surface area contributed by atoms with E-state index in [4.69, 9.17) is 0 Å². The number of H-pyrrole nitrogens is 1. The number of Topliss-reactive ketones (excluding diaryl/α,β-unsaturated/α-hetero) is 1. The van der Waals surface area contributed by atoms with Gasteiger partial charge in [0.15, 0.2) is 10.9 Å². The first-order valence-corrected chi connectivity index (χ1v) is 10.9. The lowest BCUT2D eigenvalue weighted by atomic mass is 9.76. The molecule has 2 atom stereocenters. The van der Waals surface area contributed by atoms with Crippen molar-refractivity contribution in [2.24, 2.45) is 0 Å². The molecule has 1 aliphatic carbocycles. The van der Waals surface area contributed by atoms with Gasteiger partial charge in [-0.25, -0.2) is 4.98 Å². The highest BCUT2D eigenvalue weighted by Crippen LogP contribution is 2.43. The van der Waals surface area contributed by atoms with E-state index in [1.165, 1.54) is 23.9 Å². The first-order chi connectivity index (χ1) is 14.4. The maximum atomic E-state index is 13.1. The molecule has 9 heteroatoms. The van der Waals surface area contributed by atoms with E-state index in [9.17, 15) is 19.7 Å². The van der Waals surface area contributed by atoms with Crippen LogP contribution >= 0.6 is 11.8 Å². The number of aromatic amines is 1. The molecule has 1 aromatic heterocycles. The smallest absolute Gasteiger partial charge is 0.269 e. The van der Waals surface area contributed by atoms with E-state index < -0.39 is 10.8 Å². The van der Waals surface area contributed by atoms with E-state index in [-0.39, 0.29) is 17.0 Å². The number of non-ortho nitro benzene ring substituents is 1. The van der Waals surface area contributed by atoms with Crippen LogP contribution in [0.5, 0.6) is 0 Å². The third-order valence-electron chi connectivity index (χ3n) is 5.56. The van der Waals surface area contributed by atoms with Crippen molar-refractivity contribution in [2.45, 2.75) is 55.9 Å². The number of fused-ring (bicyclic) bond motifs is 1. The second kappa shape index (κ2) is 8.06. The summed E-state index contributed by atoms with van der Waals surface area (Å²) in [6.45, 7) is 4.14. The molecule has 1 aliphatic heterocycles. The van der Waals surface area contributed by atoms with Gasteiger partial charge in [0, 0.05) is 41.0 Å². The fourth-order valence-electron chi connectivity index (χ4n) is 3.89. The molecule has 30 heavy (non-hydrogen) atoms. The number of benzene rings is 1. The Morgan fingerprint density at radius 1 is 1.27 bits per heavy atom. The summed E-state index contributed by atoms with van der Waals surface area (Å²) in [4.78, 5) is 44.0. The van der Waals surface area contributed by atoms with Crippen molar-refractivity contribution in [1.82, 2.24) is 9.97 Å². The molecule has 4 rings (SSSR count). The second-order valence-electron chi connectivity index (χ2n) is 7.55. The molecule has 2 aliphatic rings. The summed E-state index contributed by atoms with van der Waals surface area (Å²) in [6, 6.07) is 6.04. The van der Waals surface area contributed by atoms with Crippen molar-refractivity contribution in [1.29, 1.82) is 0 Å². The van der Waals surface area contributed by atoms with E-state index in [1.807, 2.05) is 0 Å². The quantitative estimate of drug-likeness (QED) is 0.319. The summed E-state index contributed by atoms with van der Waals surface area (Å²) in [5, 5.41) is 15.1. The molecular formula is C21H22N4O4S. The lowest BCUT2D eigenvalue weighted by molar-refractivity contribution is -0.384. The monoisotopic (exact) mass is 426 g/mol. The van der Waals surface area contributed by atoms with Crippen LogP contribution in [0.15, 0.2) is 45.5 Å². The van der Waals surface area contributed by atoms with Gasteiger partial charge in [0.25, 0.3) is 11.2 Å². The zero-order chi connectivity index (χ0) is 21.4. The van der Waals surface area contributed by atoms with Gasteiger partial charge in [-0.2, -0.15) is 0 Å². The van der Waals surface area contributed by atoms with Crippen LogP contribution < -0.4 is 10.9 Å². The number of anilines is 1. The zero-order valence-corrected chi connectivity index (χ0v) is 17.5. The first-order valence-electron chi connectivity index (χ1n) is 9.97. The number of allylic oxidation sites excluding steroid dienone is 2. The Hall–Kier alpha value is -2.94. The molecule has 156 valence electrons. The average Bonchev–Trinajstić information content (AvgIpc) is 2.72. The van der Waals surface area contributed by atoms with Crippen molar-refractivity contribution >= 4 is 29.1 Å². The van der Waals surface area contributed by atoms with E-state index in [1.54, 1.807) is 12.1 Å². The number of ketones is 1. The Labute approximate surface area is 177 Å². The third-order valence-corrected chi connectivity index (χ3v) is 6.71. The van der Waals surface area contributed by atoms with Gasteiger partial charge in [0.05, 0.1) is 10.5 Å². The van der Waals surface area contributed by atoms with Crippen molar-refractivity contribution in [3.63, 3.8) is 0 Å². The minimum Gasteiger partial charge on any atom is -0.343 e. The van der Waals surface area contributed by atoms with Crippen LogP contribution in [-0.4, -0.2) is 25.9 Å². The summed E-state index contributed by atoms with van der Waals surface area (Å²) in [5.74, 6) is -0.139. The lowest BCUT2D eigenvalue weighted by Gasteiger charge is -2.32. The molecule has 2 aromatic rings. The highest BCUT2D eigenvalue weighted by molar-refractivity contribution is 7.99. The maximum absolute atomic E-state index is 13.1. The molecular weight excluding hydrogens is 404 g/mol. The third kappa shape index (κ3) is 3.65. The lowest BCUT2D eigenvalue weighted by Crippen LogP contribution is -2.32. The Morgan fingerprint density at radius 2 is 2.00 bits per heavy atom. The number of carbonyl (C=O) groups excluding carboxylic acids is 1. The average molecular weight is 426 g/mol. The Kier molecular flexibility index (Phi) is 5.46. The van der Waals surface area contributed by atoms with E-state index in [0.717, 1.165) is 18.5 Å². The number of nitrogens with zero attached hydrogens (tertiary/aromatic N) is 2. The van der Waals surface area contributed by atoms with Gasteiger partial charge in [-0.15, -0.1) is 0 Å². The number of thioether (sulfide) groups is 1. The van der Waals surface area contributed by atoms with Crippen LogP contribution in [0.3, 0.4) is 0 Å². The largest absolute Gasteiger partial charge is 0.343 e. The van der Waals surface area contributed by atoms with E-state index in [2.05, 4.69) is 29.1 Å². The van der Waals surface area contributed by atoms with Gasteiger partial charge >= 0.3 is 0 Å². The number of hydrogen-bond donors (Lipinski definition) is 2. The molecule has 1 aromatic carbocycles. The number of nitro groups is 1. The summed E-state index contributed by atoms with van der Waals surface area (Å²) < 4.78 is 0. The van der Waals surface area contributed by atoms with Crippen LogP contribution in [0.4, 0.5) is 11.5 Å². The molecule has 8 nitrogen and oxygen atoms in total. The Bertz CT molecular complexity index is 1110. The minimum atomic E-state index is -0.594. The molecule has 0 spiro atoms. The summed E-state index contributed by atoms with van der Waals surface area (Å²) in [6.07, 6.45) is 2.80. The van der Waals surface area contributed by atoms with E-state index >= 15 is 0 Å². The van der Waals surface area contributed by atoms with Gasteiger partial charge in [0.1, 0.15) is 5.82 Å². The number of nitrogens with one attached hydrogen (secondary N) is 2. The number of carbonyl (C=O) groups is 1. The first kappa shape index (κ1) is 20.3. The molecule has 0 radical (unpaired) electrons. The second-order valence-corrected chi connectivity index (χ2v) is 8.97. The summed E-state index contributed by atoms with van der Waals surface area (Å²) >= 11 is 1.50. The topological polar surface area (TPSA) is 118 Å². The van der Waals surface area contributed by atoms with Gasteiger partial charge in [-0.1, -0.05) is 37.7 Å². The number of hydrogen-bond acceptors (Lipinski definition) is 7. The van der Waals surface area contributed by atoms with Crippen molar-refractivity contribution < 1.29 is 9.72 Å². The van der Waals surface area contributed by atoms with Crippen LogP contribution in [0.1, 0.15) is 56.6 Å². The number of rotatable bonds is 5. The standard InChI is InChI=1S/C21H22N4O4S/c1-3-11(2)30-21-23-19-18(20(27)24-21)16(12-7-9-13(10-8-12)25(28)29)17-14(22-19)5-4-6-15(17)26/h7-11,16H,3-6H2,1-2H3,(H2,22,23,24,27)/t11-,16-/m0/s1. The highest BCUT2D eigenvalue weighted by Gasteiger charge is 2.38. The van der Waals surface area contributed by atoms with Gasteiger partial charge < -0.3 is 10.3 Å². The molecule has 0 bridgehead atoms. The Balaban J connectivity index is 1.86. The normalized spacial score (nSPS) is 19.0. The molecule has 0 saturated heterocycles. The van der Waals surface area contributed by atoms with E-state index in [0.29, 0.717) is 45.8 Å². The number of aromatic nitrogens is 2. The van der Waals surface area contributed by atoms with Crippen molar-refractivity contribution in [3.05, 3.63) is 67.1 Å². The fourth-order valence-corrected chi connectivity index (χ4v) is 4.74. The zero-order valence-electron chi connectivity index (χ0n) is 16.7.